The number of nitrogens with two attached hydrogens (primary N) is 1. The van der Waals surface area contributed by atoms with Gasteiger partial charge in [0.15, 0.2) is 11.3 Å². The van der Waals surface area contributed by atoms with E-state index in [9.17, 15) is 63.4 Å². The van der Waals surface area contributed by atoms with Crippen molar-refractivity contribution in [3.8, 4) is 22.5 Å². The second-order valence-electron chi connectivity index (χ2n) is 16.0. The van der Waals surface area contributed by atoms with Crippen LogP contribution in [0, 0.1) is 5.41 Å². The molecule has 25 heteroatoms. The van der Waals surface area contributed by atoms with Crippen molar-refractivity contribution in [3.63, 3.8) is 0 Å². The Kier molecular flexibility index (Phi) is 19.5. The molecule has 3 aliphatic rings. The third-order valence-corrected chi connectivity index (χ3v) is 13.8. The van der Waals surface area contributed by atoms with E-state index in [4.69, 9.17) is 20.4 Å². The molecular formula is C43H57N6O16S3-. The number of sulfonamides is 1. The number of hydroxylamine groups is 2. The topological polar surface area (TPSA) is 358 Å². The molecule has 1 saturated heterocycles. The van der Waals surface area contributed by atoms with Crippen molar-refractivity contribution in [1.82, 2.24) is 15.1 Å². The predicted octanol–water partition coefficient (Wildman–Crippen LogP) is 2.32. The number of nitrogens with zero attached hydrogens (tertiary/aromatic N) is 1. The van der Waals surface area contributed by atoms with Crippen LogP contribution in [0.1, 0.15) is 108 Å². The fraction of sp³-hybridized carbons (Fsp3) is 0.442. The number of amides is 3. The maximum absolute atomic E-state index is 13.6. The first-order chi connectivity index (χ1) is 31.2. The Labute approximate surface area is 394 Å². The van der Waals surface area contributed by atoms with Gasteiger partial charge in [-0.3, -0.25) is 19.8 Å². The van der Waals surface area contributed by atoms with Gasteiger partial charge in [0.05, 0.1) is 45.4 Å². The van der Waals surface area contributed by atoms with Gasteiger partial charge in [-0.05, 0) is 102 Å². The maximum atomic E-state index is 13.6. The molecule has 7 N–H and O–H groups in total. The number of nitrogens with one attached hydrogen (secondary N) is 4. The Hall–Kier alpha value is -5.83. The molecule has 5 rings (SSSR count). The minimum Gasteiger partial charge on any atom is -0.748 e. The molecular weight excluding hydrogens is 953 g/mol. The van der Waals surface area contributed by atoms with E-state index in [1.807, 2.05) is 0 Å². The van der Waals surface area contributed by atoms with Crippen molar-refractivity contribution in [1.29, 1.82) is 5.41 Å². The lowest BCUT2D eigenvalue weighted by Crippen LogP contribution is -3.17. The first-order valence-electron chi connectivity index (χ1n) is 21.0. The molecule has 2 aliphatic heterocycles. The average Bonchev–Trinajstić information content (AvgIpc) is 3.53. The number of quaternary nitrogens is 1. The van der Waals surface area contributed by atoms with E-state index in [1.54, 1.807) is 4.90 Å². The highest BCUT2D eigenvalue weighted by atomic mass is 32.2. The molecule has 0 radical (unpaired) electrons. The number of carboxylic acids is 1. The highest BCUT2D eigenvalue weighted by Crippen LogP contribution is 2.46. The molecule has 0 spiro atoms. The number of carboxylic acid groups (broad SMARTS) is 1. The van der Waals surface area contributed by atoms with Crippen LogP contribution < -0.4 is 26.0 Å². The van der Waals surface area contributed by atoms with Gasteiger partial charge >= 0.3 is 11.9 Å². The van der Waals surface area contributed by atoms with Crippen molar-refractivity contribution in [2.45, 2.75) is 109 Å². The summed E-state index contributed by atoms with van der Waals surface area (Å²) in [7, 11) is -15.1. The molecule has 0 atom stereocenters. The van der Waals surface area contributed by atoms with Crippen LogP contribution in [0.15, 0.2) is 56.7 Å². The SMILES string of the molecule is C.CC[NH+](C(C)C)C(C)C.N=c1ccc2c(-c3cc(C(=O)NCCCCCC(=O)ON4C(=O)CCC4=O)ccc3C(=O)O)c3ccc(N)c(S(=O)(=O)NCCCS(=O)(=O)[O-])c3oc-2c1S(=O)(=O)[O-]. The van der Waals surface area contributed by atoms with Gasteiger partial charge in [-0.1, -0.05) is 13.8 Å². The number of rotatable bonds is 20. The Morgan fingerprint density at radius 1 is 0.882 bits per heavy atom. The molecule has 0 saturated carbocycles. The minimum absolute atomic E-state index is 0. The number of hydrogen-bond donors (Lipinski definition) is 6. The zero-order valence-corrected chi connectivity index (χ0v) is 39.7. The molecule has 3 amide bonds. The molecule has 0 bridgehead atoms. The summed E-state index contributed by atoms with van der Waals surface area (Å²) in [6.45, 7) is 12.1. The number of hydrogen-bond acceptors (Lipinski definition) is 17. The highest BCUT2D eigenvalue weighted by molar-refractivity contribution is 7.90. The van der Waals surface area contributed by atoms with E-state index in [0.717, 1.165) is 42.4 Å². The zero-order chi connectivity index (χ0) is 50.2. The number of imide groups is 1. The van der Waals surface area contributed by atoms with Crippen LogP contribution in [-0.2, 0) is 49.5 Å². The lowest BCUT2D eigenvalue weighted by molar-refractivity contribution is -0.940. The molecule has 68 heavy (non-hydrogen) atoms. The van der Waals surface area contributed by atoms with Gasteiger partial charge in [-0.2, -0.15) is 0 Å². The van der Waals surface area contributed by atoms with Crippen LogP contribution in [0.5, 0.6) is 0 Å². The second kappa shape index (κ2) is 23.5. The molecule has 2 aromatic carbocycles. The maximum Gasteiger partial charge on any atom is 0.336 e. The van der Waals surface area contributed by atoms with Crippen LogP contribution >= 0.6 is 0 Å². The van der Waals surface area contributed by atoms with Crippen molar-refractivity contribution >= 4 is 76.6 Å². The summed E-state index contributed by atoms with van der Waals surface area (Å²) >= 11 is 0. The highest BCUT2D eigenvalue weighted by Gasteiger charge is 2.33. The lowest BCUT2D eigenvalue weighted by Gasteiger charge is -2.25. The fourth-order valence-electron chi connectivity index (χ4n) is 7.57. The van der Waals surface area contributed by atoms with E-state index in [2.05, 4.69) is 44.7 Å². The van der Waals surface area contributed by atoms with Gasteiger partial charge in [-0.25, -0.2) is 39.6 Å². The molecule has 0 unspecified atom stereocenters. The number of nitrogen functional groups attached to an aromatic ring is 1. The number of fused-ring (bicyclic) bond motifs is 2. The predicted molar refractivity (Wildman–Crippen MR) is 244 cm³/mol. The number of benzene rings is 3. The van der Waals surface area contributed by atoms with Crippen molar-refractivity contribution in [3.05, 3.63) is 58.9 Å². The first kappa shape index (κ1) is 56.5. The Morgan fingerprint density at radius 2 is 1.51 bits per heavy atom. The molecule has 0 aromatic heterocycles. The first-order valence-corrected chi connectivity index (χ1v) is 25.5. The molecule has 1 aliphatic carbocycles. The summed E-state index contributed by atoms with van der Waals surface area (Å²) < 4.78 is 106. The van der Waals surface area contributed by atoms with Crippen LogP contribution in [0.4, 0.5) is 5.69 Å². The zero-order valence-electron chi connectivity index (χ0n) is 37.3. The third-order valence-electron chi connectivity index (χ3n) is 10.6. The van der Waals surface area contributed by atoms with Crippen molar-refractivity contribution in [2.75, 3.05) is 31.1 Å². The fourth-order valence-corrected chi connectivity index (χ4v) is 10.1. The van der Waals surface area contributed by atoms with Gasteiger partial charge in [0.25, 0.3) is 17.7 Å². The summed E-state index contributed by atoms with van der Waals surface area (Å²) in [6.07, 6.45) is 0.337. The summed E-state index contributed by atoms with van der Waals surface area (Å²) in [5.74, 6) is -6.07. The van der Waals surface area contributed by atoms with Crippen molar-refractivity contribution < 1.29 is 77.6 Å². The average molecular weight is 1010 g/mol. The number of anilines is 1. The van der Waals surface area contributed by atoms with Crippen LogP contribution in [0.25, 0.3) is 33.4 Å². The van der Waals surface area contributed by atoms with Gasteiger partial charge in [-0.15, -0.1) is 5.06 Å². The van der Waals surface area contributed by atoms with E-state index < -0.39 is 116 Å². The van der Waals surface area contributed by atoms with Gasteiger partial charge in [0.2, 0.25) is 10.0 Å². The van der Waals surface area contributed by atoms with E-state index in [-0.39, 0.29) is 67.3 Å². The lowest BCUT2D eigenvalue weighted by atomic mass is 9.89. The van der Waals surface area contributed by atoms with Crippen molar-refractivity contribution in [2.24, 2.45) is 0 Å². The van der Waals surface area contributed by atoms with Gasteiger partial charge in [0.1, 0.15) is 19.9 Å². The summed E-state index contributed by atoms with van der Waals surface area (Å²) in [5.41, 5.74) is 3.44. The van der Waals surface area contributed by atoms with Gasteiger partial charge < -0.3 is 39.4 Å². The molecule has 1 fully saturated rings. The summed E-state index contributed by atoms with van der Waals surface area (Å²) in [4.78, 5) is 65.7. The quantitative estimate of drug-likeness (QED) is 0.0243. The largest absolute Gasteiger partial charge is 0.748 e. The Balaban J connectivity index is 0.00000111. The number of unbranched alkanes of at least 4 members (excludes halogenated alkanes) is 2. The van der Waals surface area contributed by atoms with E-state index >= 15 is 0 Å². The molecule has 2 aromatic rings. The van der Waals surface area contributed by atoms with Gasteiger partial charge in [0, 0.05) is 60.2 Å². The minimum atomic E-state index is -5.55. The van der Waals surface area contributed by atoms with Crippen LogP contribution in [0.2, 0.25) is 0 Å². The Bertz CT molecular complexity index is 2890. The summed E-state index contributed by atoms with van der Waals surface area (Å²) in [5, 5.41) is 20.4. The van der Waals surface area contributed by atoms with E-state index in [0.29, 0.717) is 17.9 Å². The Morgan fingerprint density at radius 3 is 2.06 bits per heavy atom. The molecule has 374 valence electrons. The van der Waals surface area contributed by atoms with Crippen LogP contribution in [-0.4, -0.2) is 112 Å². The molecule has 22 nitrogen and oxygen atoms in total. The van der Waals surface area contributed by atoms with Crippen LogP contribution in [0.3, 0.4) is 0 Å². The second-order valence-corrected chi connectivity index (χ2v) is 20.6. The smallest absolute Gasteiger partial charge is 0.336 e. The normalized spacial score (nSPS) is 13.2. The monoisotopic (exact) mass is 1010 g/mol. The standard InChI is InChI=1S/C34H35N5O16S3.C8H19N.CH4/c35-23-10-8-20-28(21-9-11-24(36)32(58(51,52)53)30(21)54-29(20)31(23)57(49,50)38-15-4-16-56(46,47)48)22-17-18(6-7-19(22)34(44)45)33(43)37-14-3-1-2-5-27(42)55-39-25(40)12-13-26(39)41;1-6-9(7(2)3)8(4)5;/h6-11,17,36,38H,1-5,12-16,35H2,(H,37,43)(H,44,45)(H,46,47,48)(H,51,52,53);7-8H,6H2,1-5H3;1H4/p-1. The molecule has 2 heterocycles. The number of aromatic carboxylic acids is 1. The summed E-state index contributed by atoms with van der Waals surface area (Å²) in [6, 6.07) is 9.25. The van der Waals surface area contributed by atoms with E-state index in [1.165, 1.54) is 18.7 Å². The third kappa shape index (κ3) is 14.1. The number of carbonyl (C=O) groups excluding carboxylic acids is 4. The number of carbonyl (C=O) groups is 5.